The Labute approximate surface area is 161 Å². The number of aryl methyl sites for hydroxylation is 2. The highest BCUT2D eigenvalue weighted by atomic mass is 79.9. The number of pyridine rings is 1. The summed E-state index contributed by atoms with van der Waals surface area (Å²) in [5, 5.41) is 11.9. The van der Waals surface area contributed by atoms with Crippen molar-refractivity contribution in [3.05, 3.63) is 61.8 Å². The van der Waals surface area contributed by atoms with Crippen molar-refractivity contribution in [3.63, 3.8) is 0 Å². The molecule has 0 unspecified atom stereocenters. The molecule has 3 rings (SSSR count). The van der Waals surface area contributed by atoms with Crippen molar-refractivity contribution in [1.29, 1.82) is 0 Å². The smallest absolute Gasteiger partial charge is 0.258 e. The van der Waals surface area contributed by atoms with Crippen LogP contribution < -0.4 is 5.56 Å². The van der Waals surface area contributed by atoms with Gasteiger partial charge in [-0.05, 0) is 31.9 Å². The van der Waals surface area contributed by atoms with Crippen LogP contribution in [0.15, 0.2) is 29.1 Å². The summed E-state index contributed by atoms with van der Waals surface area (Å²) < 4.78 is 1.78. The maximum atomic E-state index is 12.7. The number of alkyl halides is 1. The summed E-state index contributed by atoms with van der Waals surface area (Å²) >= 11 is 5.06. The fraction of sp³-hybridized carbons (Fsp3) is 0.350. The van der Waals surface area contributed by atoms with Crippen LogP contribution in [-0.4, -0.2) is 9.67 Å². The van der Waals surface area contributed by atoms with E-state index in [1.165, 1.54) is 5.56 Å². The van der Waals surface area contributed by atoms with Crippen molar-refractivity contribution < 1.29 is 5.11 Å². The van der Waals surface area contributed by atoms with Gasteiger partial charge in [0.25, 0.3) is 5.56 Å². The Morgan fingerprint density at radius 1 is 1.12 bits per heavy atom. The number of halogens is 1. The second kappa shape index (κ2) is 8.19. The van der Waals surface area contributed by atoms with Gasteiger partial charge in [0.15, 0.2) is 0 Å². The molecule has 2 aromatic heterocycles. The normalized spacial score (nSPS) is 10.6. The Morgan fingerprint density at radius 3 is 2.28 bits per heavy atom. The number of hydrogen-bond donors (Lipinski definition) is 1. The molecule has 0 saturated carbocycles. The van der Waals surface area contributed by atoms with Gasteiger partial charge in [-0.3, -0.25) is 9.36 Å². The third kappa shape index (κ3) is 3.67. The van der Waals surface area contributed by atoms with Gasteiger partial charge in [0, 0.05) is 10.2 Å². The van der Waals surface area contributed by atoms with E-state index in [1.807, 2.05) is 39.8 Å². The topological polar surface area (TPSA) is 42.2 Å². The van der Waals surface area contributed by atoms with Crippen molar-refractivity contribution in [2.75, 3.05) is 0 Å². The van der Waals surface area contributed by atoms with Crippen LogP contribution in [0, 0.1) is 20.8 Å². The minimum atomic E-state index is -0.127. The van der Waals surface area contributed by atoms with E-state index in [0.717, 1.165) is 26.2 Å². The predicted molar refractivity (Wildman–Crippen MR) is 111 cm³/mol. The first kappa shape index (κ1) is 19.7. The van der Waals surface area contributed by atoms with E-state index in [0.29, 0.717) is 17.4 Å². The SMILES string of the molecule is CC.Cc1ccc(Cn2c(=O)c(C)c(O)c3c(CBr)c(C)sc32)cc1. The zero-order valence-corrected chi connectivity index (χ0v) is 17.7. The molecule has 0 aliphatic rings. The third-order valence-corrected chi connectivity index (χ3v) is 5.92. The minimum Gasteiger partial charge on any atom is -0.507 e. The molecule has 0 fully saturated rings. The van der Waals surface area contributed by atoms with E-state index >= 15 is 0 Å². The molecule has 1 N–H and O–H groups in total. The fourth-order valence-electron chi connectivity index (χ4n) is 2.76. The first-order chi connectivity index (χ1) is 11.9. The van der Waals surface area contributed by atoms with E-state index in [-0.39, 0.29) is 11.3 Å². The van der Waals surface area contributed by atoms with Crippen LogP contribution in [0.4, 0.5) is 0 Å². The lowest BCUT2D eigenvalue weighted by Crippen LogP contribution is -2.22. The van der Waals surface area contributed by atoms with Gasteiger partial charge in [0.05, 0.1) is 17.5 Å². The lowest BCUT2D eigenvalue weighted by atomic mass is 10.1. The highest BCUT2D eigenvalue weighted by Crippen LogP contribution is 2.38. The van der Waals surface area contributed by atoms with E-state index in [4.69, 9.17) is 0 Å². The van der Waals surface area contributed by atoms with Crippen molar-refractivity contribution in [3.8, 4) is 5.75 Å². The molecule has 2 heterocycles. The number of fused-ring (bicyclic) bond motifs is 1. The van der Waals surface area contributed by atoms with E-state index in [2.05, 4.69) is 28.1 Å². The van der Waals surface area contributed by atoms with Crippen molar-refractivity contribution in [2.45, 2.75) is 46.5 Å². The highest BCUT2D eigenvalue weighted by molar-refractivity contribution is 9.08. The molecule has 0 radical (unpaired) electrons. The summed E-state index contributed by atoms with van der Waals surface area (Å²) in [6.07, 6.45) is 0. The molecule has 1 aromatic carbocycles. The summed E-state index contributed by atoms with van der Waals surface area (Å²) in [4.78, 5) is 14.6. The maximum Gasteiger partial charge on any atom is 0.258 e. The van der Waals surface area contributed by atoms with Gasteiger partial charge >= 0.3 is 0 Å². The van der Waals surface area contributed by atoms with Gasteiger partial charge in [-0.2, -0.15) is 0 Å². The van der Waals surface area contributed by atoms with Crippen LogP contribution in [0.5, 0.6) is 5.75 Å². The molecule has 134 valence electrons. The Bertz CT molecular complexity index is 939. The first-order valence-electron chi connectivity index (χ1n) is 8.40. The van der Waals surface area contributed by atoms with Gasteiger partial charge in [-0.1, -0.05) is 59.6 Å². The number of thiophene rings is 1. The van der Waals surface area contributed by atoms with Crippen LogP contribution >= 0.6 is 27.3 Å². The van der Waals surface area contributed by atoms with Crippen LogP contribution in [0.25, 0.3) is 10.2 Å². The van der Waals surface area contributed by atoms with Crippen LogP contribution in [0.2, 0.25) is 0 Å². The zero-order chi connectivity index (χ0) is 18.7. The summed E-state index contributed by atoms with van der Waals surface area (Å²) in [6, 6.07) is 8.19. The average Bonchev–Trinajstić information content (AvgIpc) is 2.96. The monoisotopic (exact) mass is 421 g/mol. The molecule has 0 bridgehead atoms. The number of benzene rings is 1. The number of aromatic nitrogens is 1. The standard InChI is InChI=1S/C18H18BrNO2S.C2H6/c1-10-4-6-13(7-5-10)9-20-17(22)11(2)16(21)15-14(8-19)12(3)23-18(15)20;1-2/h4-7,21H,8-9H2,1-3H3;1-2H3. The van der Waals surface area contributed by atoms with Crippen LogP contribution in [0.3, 0.4) is 0 Å². The molecule has 0 aliphatic heterocycles. The molecule has 0 aliphatic carbocycles. The van der Waals surface area contributed by atoms with E-state index in [1.54, 1.807) is 22.8 Å². The summed E-state index contributed by atoms with van der Waals surface area (Å²) in [5.74, 6) is 0.115. The molecule has 3 aromatic rings. The van der Waals surface area contributed by atoms with Crippen LogP contribution in [0.1, 0.15) is 41.0 Å². The second-order valence-electron chi connectivity index (χ2n) is 5.80. The molecule has 0 atom stereocenters. The molecule has 5 heteroatoms. The number of aromatic hydroxyl groups is 1. The van der Waals surface area contributed by atoms with Gasteiger partial charge in [0.1, 0.15) is 10.6 Å². The van der Waals surface area contributed by atoms with Crippen molar-refractivity contribution >= 4 is 37.5 Å². The molecular weight excluding hydrogens is 398 g/mol. The second-order valence-corrected chi connectivity index (χ2v) is 7.57. The average molecular weight is 422 g/mol. The zero-order valence-electron chi connectivity index (χ0n) is 15.3. The van der Waals surface area contributed by atoms with Crippen LogP contribution in [-0.2, 0) is 11.9 Å². The Hall–Kier alpha value is -1.59. The van der Waals surface area contributed by atoms with E-state index in [9.17, 15) is 9.90 Å². The largest absolute Gasteiger partial charge is 0.507 e. The van der Waals surface area contributed by atoms with Gasteiger partial charge in [-0.15, -0.1) is 11.3 Å². The molecule has 0 spiro atoms. The van der Waals surface area contributed by atoms with Crippen molar-refractivity contribution in [1.82, 2.24) is 4.57 Å². The Kier molecular flexibility index (Phi) is 6.47. The summed E-state index contributed by atoms with van der Waals surface area (Å²) in [5.41, 5.74) is 3.61. The lowest BCUT2D eigenvalue weighted by molar-refractivity contribution is 0.474. The molecule has 0 saturated heterocycles. The fourth-order valence-corrected chi connectivity index (χ4v) is 4.81. The quantitative estimate of drug-likeness (QED) is 0.553. The van der Waals surface area contributed by atoms with Gasteiger partial charge < -0.3 is 5.11 Å². The maximum absolute atomic E-state index is 12.7. The van der Waals surface area contributed by atoms with Crippen molar-refractivity contribution in [2.24, 2.45) is 0 Å². The minimum absolute atomic E-state index is 0.115. The van der Waals surface area contributed by atoms with Gasteiger partial charge in [-0.25, -0.2) is 0 Å². The Morgan fingerprint density at radius 2 is 1.72 bits per heavy atom. The molecule has 25 heavy (non-hydrogen) atoms. The number of nitrogens with zero attached hydrogens (tertiary/aromatic N) is 1. The predicted octanol–water partition coefficient (Wildman–Crippen LogP) is 5.66. The third-order valence-electron chi connectivity index (χ3n) is 4.19. The van der Waals surface area contributed by atoms with E-state index < -0.39 is 0 Å². The Balaban J connectivity index is 0.00000109. The number of rotatable bonds is 3. The van der Waals surface area contributed by atoms with Gasteiger partial charge in [0.2, 0.25) is 0 Å². The lowest BCUT2D eigenvalue weighted by Gasteiger charge is -2.11. The summed E-state index contributed by atoms with van der Waals surface area (Å²) in [7, 11) is 0. The molecule has 3 nitrogen and oxygen atoms in total. The number of hydrogen-bond acceptors (Lipinski definition) is 3. The molecular formula is C20H24BrNO2S. The first-order valence-corrected chi connectivity index (χ1v) is 10.3. The molecule has 0 amide bonds. The highest BCUT2D eigenvalue weighted by Gasteiger charge is 2.20. The summed E-state index contributed by atoms with van der Waals surface area (Å²) in [6.45, 7) is 10.3.